The molecule has 13 heavy (non-hydrogen) atoms. The van der Waals surface area contributed by atoms with E-state index < -0.39 is 5.97 Å². The van der Waals surface area contributed by atoms with Gasteiger partial charge in [0.2, 0.25) is 5.91 Å². The molecule has 0 aromatic carbocycles. The molecule has 0 bridgehead atoms. The third-order valence-corrected chi connectivity index (χ3v) is 3.20. The number of hydrogen-bond donors (Lipinski definition) is 1. The first-order valence-corrected chi connectivity index (χ1v) is 4.60. The fraction of sp³-hybridized carbons (Fsp3) is 0.429. The maximum atomic E-state index is 10.9. The van der Waals surface area contributed by atoms with E-state index in [1.54, 1.807) is 0 Å². The molecular formula is C7H8INO3S. The van der Waals surface area contributed by atoms with Crippen molar-refractivity contribution in [1.29, 1.82) is 0 Å². The maximum absolute atomic E-state index is 10.9. The van der Waals surface area contributed by atoms with Crippen LogP contribution in [-0.4, -0.2) is 33.0 Å². The molecule has 0 unspecified atom stereocenters. The van der Waals surface area contributed by atoms with Crippen molar-refractivity contribution in [2.24, 2.45) is 0 Å². The number of amides is 1. The summed E-state index contributed by atoms with van der Waals surface area (Å²) in [4.78, 5) is 22.9. The van der Waals surface area contributed by atoms with Gasteiger partial charge in [-0.3, -0.25) is 4.79 Å². The first kappa shape index (κ1) is 10.8. The van der Waals surface area contributed by atoms with Crippen molar-refractivity contribution in [3.05, 3.63) is 11.8 Å². The van der Waals surface area contributed by atoms with E-state index in [4.69, 9.17) is 5.11 Å². The lowest BCUT2D eigenvalue weighted by molar-refractivity contribution is -0.137. The highest BCUT2D eigenvalue weighted by atomic mass is 127. The molecule has 4 nitrogen and oxygen atoms in total. The molecule has 1 saturated heterocycles. The van der Waals surface area contributed by atoms with E-state index >= 15 is 0 Å². The normalized spacial score (nSPS) is 25.2. The van der Waals surface area contributed by atoms with Gasteiger partial charge < -0.3 is 10.0 Å². The fourth-order valence-corrected chi connectivity index (χ4v) is 2.37. The zero-order valence-electron chi connectivity index (χ0n) is 6.60. The number of carbonyl (C=O) groups is 2. The van der Waals surface area contributed by atoms with E-state index in [1.807, 2.05) is 0 Å². The minimum absolute atomic E-state index is 0. The van der Waals surface area contributed by atoms with Crippen LogP contribution in [0.1, 0.15) is 6.42 Å². The minimum Gasteiger partial charge on any atom is -0.478 e. The Morgan fingerprint density at radius 2 is 2.38 bits per heavy atom. The van der Waals surface area contributed by atoms with Crippen LogP contribution < -0.4 is 0 Å². The van der Waals surface area contributed by atoms with Gasteiger partial charge in [-0.15, -0.1) is 35.7 Å². The van der Waals surface area contributed by atoms with Crippen LogP contribution in [0, 0.1) is 0 Å². The van der Waals surface area contributed by atoms with Gasteiger partial charge in [-0.1, -0.05) is 0 Å². The Morgan fingerprint density at radius 3 is 2.92 bits per heavy atom. The molecule has 0 aromatic heterocycles. The molecule has 1 atom stereocenters. The number of carbonyl (C=O) groups excluding carboxylic acids is 1. The summed E-state index contributed by atoms with van der Waals surface area (Å²) in [7, 11) is 0. The molecule has 1 amide bonds. The maximum Gasteiger partial charge on any atom is 0.333 e. The highest BCUT2D eigenvalue weighted by molar-refractivity contribution is 14.0. The Balaban J connectivity index is 0.000000845. The van der Waals surface area contributed by atoms with Gasteiger partial charge in [0.25, 0.3) is 0 Å². The molecule has 0 spiro atoms. The smallest absolute Gasteiger partial charge is 0.333 e. The molecule has 6 heteroatoms. The van der Waals surface area contributed by atoms with E-state index in [0.29, 0.717) is 17.7 Å². The standard InChI is InChI=1S/C7H7NO3S.HI/c9-5-1-6-8(5)2-4(3-12-6)7(10)11;/h2,6H,1,3H2,(H,10,11);1H/t6-;/m1./s1. The van der Waals surface area contributed by atoms with Gasteiger partial charge in [-0.05, 0) is 0 Å². The molecule has 2 heterocycles. The Hall–Kier alpha value is -0.240. The van der Waals surface area contributed by atoms with Gasteiger partial charge >= 0.3 is 5.97 Å². The topological polar surface area (TPSA) is 57.6 Å². The number of halogens is 1. The molecule has 1 fully saturated rings. The van der Waals surface area contributed by atoms with E-state index in [0.717, 1.165) is 0 Å². The van der Waals surface area contributed by atoms with Crippen LogP contribution >= 0.6 is 35.7 Å². The van der Waals surface area contributed by atoms with E-state index in [1.165, 1.54) is 22.9 Å². The second-order valence-electron chi connectivity index (χ2n) is 2.73. The number of aliphatic carboxylic acids is 1. The van der Waals surface area contributed by atoms with Gasteiger partial charge in [0.1, 0.15) is 0 Å². The summed E-state index contributed by atoms with van der Waals surface area (Å²) in [5.74, 6) is -0.407. The Kier molecular flexibility index (Phi) is 3.23. The molecule has 1 N–H and O–H groups in total. The molecular weight excluding hydrogens is 305 g/mol. The highest BCUT2D eigenvalue weighted by Gasteiger charge is 2.38. The SMILES string of the molecule is I.O=C(O)C1=CN2C(=O)C[C@H]2SC1. The van der Waals surface area contributed by atoms with Crippen LogP contribution in [0.4, 0.5) is 0 Å². The van der Waals surface area contributed by atoms with Gasteiger partial charge in [-0.2, -0.15) is 0 Å². The van der Waals surface area contributed by atoms with Crippen LogP contribution in [0.15, 0.2) is 11.8 Å². The van der Waals surface area contributed by atoms with Gasteiger partial charge in [0.05, 0.1) is 17.4 Å². The lowest BCUT2D eigenvalue weighted by Crippen LogP contribution is -2.49. The predicted octanol–water partition coefficient (Wildman–Crippen LogP) is 0.878. The Labute approximate surface area is 96.4 Å². The zero-order chi connectivity index (χ0) is 8.72. The number of thioether (sulfide) groups is 1. The summed E-state index contributed by atoms with van der Waals surface area (Å²) in [6.07, 6.45) is 2.00. The fourth-order valence-electron chi connectivity index (χ4n) is 1.20. The van der Waals surface area contributed by atoms with Crippen molar-refractivity contribution in [2.75, 3.05) is 5.75 Å². The summed E-state index contributed by atoms with van der Waals surface area (Å²) in [5.41, 5.74) is 0.310. The number of carboxylic acid groups (broad SMARTS) is 1. The van der Waals surface area contributed by atoms with Crippen molar-refractivity contribution in [1.82, 2.24) is 4.90 Å². The van der Waals surface area contributed by atoms with E-state index in [2.05, 4.69) is 0 Å². The second kappa shape index (κ2) is 3.87. The number of fused-ring (bicyclic) bond motifs is 1. The number of rotatable bonds is 1. The van der Waals surface area contributed by atoms with Crippen molar-refractivity contribution in [2.45, 2.75) is 11.8 Å². The van der Waals surface area contributed by atoms with Gasteiger partial charge in [-0.25, -0.2) is 4.79 Å². The number of carboxylic acids is 1. The monoisotopic (exact) mass is 313 g/mol. The molecule has 2 aliphatic heterocycles. The lowest BCUT2D eigenvalue weighted by atomic mass is 10.2. The molecule has 0 aliphatic carbocycles. The van der Waals surface area contributed by atoms with Crippen molar-refractivity contribution < 1.29 is 14.7 Å². The Bertz CT molecular complexity index is 291. The van der Waals surface area contributed by atoms with Crippen molar-refractivity contribution in [3.63, 3.8) is 0 Å². The lowest BCUT2D eigenvalue weighted by Gasteiger charge is -2.40. The van der Waals surface area contributed by atoms with E-state index in [-0.39, 0.29) is 35.3 Å². The summed E-state index contributed by atoms with van der Waals surface area (Å²) in [6.45, 7) is 0. The number of nitrogens with zero attached hydrogens (tertiary/aromatic N) is 1. The largest absolute Gasteiger partial charge is 0.478 e. The summed E-state index contributed by atoms with van der Waals surface area (Å²) in [6, 6.07) is 0. The average molecular weight is 313 g/mol. The first-order valence-electron chi connectivity index (χ1n) is 3.55. The zero-order valence-corrected chi connectivity index (χ0v) is 9.74. The molecule has 72 valence electrons. The predicted molar refractivity (Wildman–Crippen MR) is 58.8 cm³/mol. The Morgan fingerprint density at radius 1 is 1.69 bits per heavy atom. The number of hydrogen-bond acceptors (Lipinski definition) is 3. The van der Waals surface area contributed by atoms with Crippen LogP contribution in [0.25, 0.3) is 0 Å². The molecule has 0 radical (unpaired) electrons. The molecule has 2 aliphatic rings. The highest BCUT2D eigenvalue weighted by Crippen LogP contribution is 2.35. The van der Waals surface area contributed by atoms with Crippen LogP contribution in [0.5, 0.6) is 0 Å². The summed E-state index contributed by atoms with van der Waals surface area (Å²) in [5, 5.41) is 8.83. The summed E-state index contributed by atoms with van der Waals surface area (Å²) < 4.78 is 0. The first-order chi connectivity index (χ1) is 5.68. The second-order valence-corrected chi connectivity index (χ2v) is 3.90. The molecule has 0 saturated carbocycles. The van der Waals surface area contributed by atoms with Gasteiger partial charge in [0.15, 0.2) is 0 Å². The van der Waals surface area contributed by atoms with Crippen LogP contribution in [0.3, 0.4) is 0 Å². The third kappa shape index (κ3) is 1.83. The van der Waals surface area contributed by atoms with Gasteiger partial charge in [0, 0.05) is 12.0 Å². The molecule has 2 rings (SSSR count). The summed E-state index contributed by atoms with van der Waals surface area (Å²) >= 11 is 1.51. The third-order valence-electron chi connectivity index (χ3n) is 1.95. The van der Waals surface area contributed by atoms with Crippen molar-refractivity contribution in [3.8, 4) is 0 Å². The minimum atomic E-state index is -0.930. The van der Waals surface area contributed by atoms with Crippen LogP contribution in [0.2, 0.25) is 0 Å². The average Bonchev–Trinajstić information content (AvgIpc) is 2.02. The van der Waals surface area contributed by atoms with Crippen LogP contribution in [-0.2, 0) is 9.59 Å². The van der Waals surface area contributed by atoms with Crippen molar-refractivity contribution >= 4 is 47.6 Å². The molecule has 0 aromatic rings. The number of β-lactam (4-membered cyclic amide) rings is 1. The van der Waals surface area contributed by atoms with E-state index in [9.17, 15) is 9.59 Å². The quantitative estimate of drug-likeness (QED) is 0.577.